The molecule has 3 N–H and O–H groups in total. The number of aliphatic hydroxyl groups excluding tert-OH is 1. The van der Waals surface area contributed by atoms with Gasteiger partial charge in [-0.3, -0.25) is 10.1 Å². The van der Waals surface area contributed by atoms with E-state index >= 15 is 0 Å². The van der Waals surface area contributed by atoms with Gasteiger partial charge in [0.2, 0.25) is 0 Å². The topological polar surface area (TPSA) is 96.7 Å². The second kappa shape index (κ2) is 9.04. The predicted molar refractivity (Wildman–Crippen MR) is 79.8 cm³/mol. The van der Waals surface area contributed by atoms with Crippen molar-refractivity contribution < 1.29 is 14.8 Å². The van der Waals surface area contributed by atoms with Crippen LogP contribution in [0.1, 0.15) is 11.7 Å². The van der Waals surface area contributed by atoms with Gasteiger partial charge in [-0.2, -0.15) is 0 Å². The van der Waals surface area contributed by atoms with Crippen LogP contribution in [-0.2, 0) is 0 Å². The van der Waals surface area contributed by atoms with E-state index in [1.807, 2.05) is 0 Å². The Bertz CT molecular complexity index is 496. The number of hydrogen-bond donors (Lipinski definition) is 3. The molecule has 0 amide bonds. The Morgan fingerprint density at radius 3 is 2.95 bits per heavy atom. The normalized spacial score (nSPS) is 12.6. The molecule has 21 heavy (non-hydrogen) atoms. The van der Waals surface area contributed by atoms with E-state index in [1.54, 1.807) is 24.3 Å². The molecule has 116 valence electrons. The zero-order valence-electron chi connectivity index (χ0n) is 11.6. The molecule has 1 aromatic rings. The van der Waals surface area contributed by atoms with Crippen molar-refractivity contribution in [2.45, 2.75) is 6.10 Å². The van der Waals surface area contributed by atoms with Crippen LogP contribution in [0.4, 0.5) is 0 Å². The van der Waals surface area contributed by atoms with E-state index < -0.39 is 11.0 Å². The molecule has 0 radical (unpaired) electrons. The van der Waals surface area contributed by atoms with Crippen LogP contribution in [0.3, 0.4) is 0 Å². The molecule has 1 aromatic carbocycles. The Morgan fingerprint density at radius 2 is 2.33 bits per heavy atom. The summed E-state index contributed by atoms with van der Waals surface area (Å²) in [5.74, 6) is 1.14. The number of benzene rings is 1. The minimum Gasteiger partial charge on any atom is -0.497 e. The van der Waals surface area contributed by atoms with Gasteiger partial charge in [-0.25, -0.2) is 0 Å². The summed E-state index contributed by atoms with van der Waals surface area (Å²) in [6.45, 7) is 0.492. The fourth-order valence-electron chi connectivity index (χ4n) is 1.61. The SMILES string of the molecule is COc1cccc(C(O)CNC(=C[N+](=O)[O-])NCCCl)c1. The van der Waals surface area contributed by atoms with Crippen LogP contribution in [0.2, 0.25) is 0 Å². The molecule has 1 unspecified atom stereocenters. The number of alkyl halides is 1. The monoisotopic (exact) mass is 315 g/mol. The molecule has 0 aliphatic heterocycles. The predicted octanol–water partition coefficient (Wildman–Crippen LogP) is 1.22. The Labute approximate surface area is 127 Å². The van der Waals surface area contributed by atoms with Gasteiger partial charge in [0.05, 0.1) is 18.1 Å². The van der Waals surface area contributed by atoms with Gasteiger partial charge < -0.3 is 20.5 Å². The van der Waals surface area contributed by atoms with Crippen molar-refractivity contribution in [1.82, 2.24) is 10.6 Å². The number of rotatable bonds is 9. The van der Waals surface area contributed by atoms with Gasteiger partial charge in [0.15, 0.2) is 5.82 Å². The maximum Gasteiger partial charge on any atom is 0.274 e. The summed E-state index contributed by atoms with van der Waals surface area (Å²) in [5, 5.41) is 26.1. The van der Waals surface area contributed by atoms with E-state index in [0.717, 1.165) is 6.20 Å². The van der Waals surface area contributed by atoms with E-state index in [0.29, 0.717) is 23.7 Å². The summed E-state index contributed by atoms with van der Waals surface area (Å²) in [6, 6.07) is 6.98. The first kappa shape index (κ1) is 17.1. The third kappa shape index (κ3) is 6.33. The molecule has 0 heterocycles. The summed E-state index contributed by atoms with van der Waals surface area (Å²) in [6.07, 6.45) is -0.0294. The lowest BCUT2D eigenvalue weighted by atomic mass is 10.1. The molecule has 0 spiro atoms. The molecule has 0 aromatic heterocycles. The molecule has 0 aliphatic rings. The number of halogens is 1. The lowest BCUT2D eigenvalue weighted by Gasteiger charge is -2.15. The molecule has 0 saturated carbocycles. The number of hydrogen-bond acceptors (Lipinski definition) is 6. The second-order valence-corrected chi connectivity index (χ2v) is 4.50. The number of nitro groups is 1. The first-order valence-electron chi connectivity index (χ1n) is 6.28. The van der Waals surface area contributed by atoms with E-state index in [-0.39, 0.29) is 12.4 Å². The standard InChI is InChI=1S/C13H18ClN3O4/c1-21-11-4-2-3-10(7-11)12(18)8-16-13(9-17(19)20)15-6-5-14/h2-4,7,9,12,15-16,18H,5-6,8H2,1H3. The van der Waals surface area contributed by atoms with Crippen LogP contribution < -0.4 is 15.4 Å². The van der Waals surface area contributed by atoms with Crippen molar-refractivity contribution in [3.8, 4) is 5.75 Å². The first-order chi connectivity index (χ1) is 10.1. The third-order valence-electron chi connectivity index (χ3n) is 2.61. The zero-order chi connectivity index (χ0) is 15.7. The van der Waals surface area contributed by atoms with Crippen LogP contribution >= 0.6 is 11.6 Å². The lowest BCUT2D eigenvalue weighted by Crippen LogP contribution is -2.31. The van der Waals surface area contributed by atoms with Crippen molar-refractivity contribution in [2.75, 3.05) is 26.1 Å². The van der Waals surface area contributed by atoms with Gasteiger partial charge in [0, 0.05) is 19.0 Å². The van der Waals surface area contributed by atoms with Gasteiger partial charge in [-0.05, 0) is 17.7 Å². The van der Waals surface area contributed by atoms with E-state index in [4.69, 9.17) is 16.3 Å². The average Bonchev–Trinajstić information content (AvgIpc) is 2.49. The van der Waals surface area contributed by atoms with Crippen LogP contribution in [0.5, 0.6) is 5.75 Å². The molecule has 1 rings (SSSR count). The average molecular weight is 316 g/mol. The Kier molecular flexibility index (Phi) is 7.34. The van der Waals surface area contributed by atoms with Gasteiger partial charge in [0.1, 0.15) is 5.75 Å². The molecule has 0 saturated heterocycles. The van der Waals surface area contributed by atoms with Crippen LogP contribution in [0.25, 0.3) is 0 Å². The number of aliphatic hydroxyl groups is 1. The van der Waals surface area contributed by atoms with Crippen LogP contribution in [0, 0.1) is 10.1 Å². The lowest BCUT2D eigenvalue weighted by molar-refractivity contribution is -0.404. The highest BCUT2D eigenvalue weighted by atomic mass is 35.5. The number of nitrogens with one attached hydrogen (secondary N) is 2. The van der Waals surface area contributed by atoms with Crippen molar-refractivity contribution in [3.63, 3.8) is 0 Å². The molecule has 1 atom stereocenters. The number of ether oxygens (including phenoxy) is 1. The molecule has 0 fully saturated rings. The number of nitrogens with zero attached hydrogens (tertiary/aromatic N) is 1. The maximum absolute atomic E-state index is 10.5. The Hall–Kier alpha value is -1.99. The minimum atomic E-state index is -0.826. The summed E-state index contributed by atoms with van der Waals surface area (Å²) < 4.78 is 5.08. The van der Waals surface area contributed by atoms with E-state index in [9.17, 15) is 15.2 Å². The maximum atomic E-state index is 10.5. The molecule has 0 aliphatic carbocycles. The highest BCUT2D eigenvalue weighted by Gasteiger charge is 2.10. The fourth-order valence-corrected chi connectivity index (χ4v) is 1.71. The van der Waals surface area contributed by atoms with Gasteiger partial charge in [-0.15, -0.1) is 11.6 Å². The van der Waals surface area contributed by atoms with Gasteiger partial charge >= 0.3 is 0 Å². The molecule has 0 bridgehead atoms. The Balaban J connectivity index is 2.63. The van der Waals surface area contributed by atoms with Crippen molar-refractivity contribution in [2.24, 2.45) is 0 Å². The van der Waals surface area contributed by atoms with Crippen molar-refractivity contribution in [1.29, 1.82) is 0 Å². The zero-order valence-corrected chi connectivity index (χ0v) is 12.3. The van der Waals surface area contributed by atoms with E-state index in [2.05, 4.69) is 10.6 Å². The molecular formula is C13H18ClN3O4. The van der Waals surface area contributed by atoms with Crippen LogP contribution in [0.15, 0.2) is 36.3 Å². The fraction of sp³-hybridized carbons (Fsp3) is 0.385. The van der Waals surface area contributed by atoms with Gasteiger partial charge in [0.25, 0.3) is 6.20 Å². The summed E-state index contributed by atoms with van der Waals surface area (Å²) >= 11 is 5.52. The van der Waals surface area contributed by atoms with Crippen molar-refractivity contribution >= 4 is 11.6 Å². The van der Waals surface area contributed by atoms with E-state index in [1.165, 1.54) is 7.11 Å². The van der Waals surface area contributed by atoms with Crippen molar-refractivity contribution in [3.05, 3.63) is 52.0 Å². The summed E-state index contributed by atoms with van der Waals surface area (Å²) in [5.41, 5.74) is 0.652. The highest BCUT2D eigenvalue weighted by molar-refractivity contribution is 6.18. The first-order valence-corrected chi connectivity index (χ1v) is 6.81. The minimum absolute atomic E-state index is 0.113. The highest BCUT2D eigenvalue weighted by Crippen LogP contribution is 2.18. The number of methoxy groups -OCH3 is 1. The summed E-state index contributed by atoms with van der Waals surface area (Å²) in [4.78, 5) is 9.93. The second-order valence-electron chi connectivity index (χ2n) is 4.12. The smallest absolute Gasteiger partial charge is 0.274 e. The quantitative estimate of drug-likeness (QED) is 0.360. The largest absolute Gasteiger partial charge is 0.497 e. The van der Waals surface area contributed by atoms with Crippen LogP contribution in [-0.4, -0.2) is 36.1 Å². The third-order valence-corrected chi connectivity index (χ3v) is 2.80. The summed E-state index contributed by atoms with van der Waals surface area (Å²) in [7, 11) is 1.54. The molecular weight excluding hydrogens is 298 g/mol. The van der Waals surface area contributed by atoms with Gasteiger partial charge in [-0.1, -0.05) is 12.1 Å². The Morgan fingerprint density at radius 1 is 1.57 bits per heavy atom. The molecule has 8 heteroatoms. The molecule has 7 nitrogen and oxygen atoms in total.